The summed E-state index contributed by atoms with van der Waals surface area (Å²) in [5.74, 6) is -0.337. The van der Waals surface area contributed by atoms with Crippen molar-refractivity contribution in [2.75, 3.05) is 19.8 Å². The molecular weight excluding hydrogens is 378 g/mol. The number of unbranched alkanes of at least 4 members (excludes halogenated alkanes) is 2. The van der Waals surface area contributed by atoms with Crippen molar-refractivity contribution < 1.29 is 19.1 Å². The first-order valence-electron chi connectivity index (χ1n) is 11.8. The van der Waals surface area contributed by atoms with Gasteiger partial charge in [-0.2, -0.15) is 0 Å². The van der Waals surface area contributed by atoms with Crippen molar-refractivity contribution in [2.24, 2.45) is 16.2 Å². The van der Waals surface area contributed by atoms with Gasteiger partial charge >= 0.3 is 5.97 Å². The van der Waals surface area contributed by atoms with E-state index in [0.29, 0.717) is 13.0 Å². The number of rotatable bonds is 14. The van der Waals surface area contributed by atoms with Crippen LogP contribution in [-0.4, -0.2) is 37.2 Å². The van der Waals surface area contributed by atoms with E-state index in [0.717, 1.165) is 32.1 Å². The number of esters is 1. The zero-order chi connectivity index (χ0) is 23.6. The van der Waals surface area contributed by atoms with Crippen LogP contribution in [-0.2, 0) is 19.1 Å². The molecule has 0 rings (SSSR count). The lowest BCUT2D eigenvalue weighted by Crippen LogP contribution is -2.48. The molecule has 5 heteroatoms. The molecule has 0 saturated heterocycles. The lowest BCUT2D eigenvalue weighted by molar-refractivity contribution is -0.166. The van der Waals surface area contributed by atoms with Gasteiger partial charge in [-0.3, -0.25) is 9.59 Å². The van der Waals surface area contributed by atoms with Crippen molar-refractivity contribution in [1.82, 2.24) is 5.32 Å². The van der Waals surface area contributed by atoms with Gasteiger partial charge in [-0.1, -0.05) is 68.2 Å². The van der Waals surface area contributed by atoms with Crippen LogP contribution in [0.2, 0.25) is 0 Å². The molecule has 0 aliphatic heterocycles. The first-order chi connectivity index (χ1) is 13.7. The minimum absolute atomic E-state index is 0.00643. The summed E-state index contributed by atoms with van der Waals surface area (Å²) in [4.78, 5) is 25.7. The van der Waals surface area contributed by atoms with Gasteiger partial charge in [0.1, 0.15) is 12.2 Å². The van der Waals surface area contributed by atoms with Crippen LogP contribution < -0.4 is 5.32 Å². The zero-order valence-electron chi connectivity index (χ0n) is 21.5. The number of carbonyl (C=O) groups excluding carboxylic acids is 2. The topological polar surface area (TPSA) is 64.6 Å². The van der Waals surface area contributed by atoms with Crippen molar-refractivity contribution >= 4 is 11.9 Å². The van der Waals surface area contributed by atoms with E-state index in [1.54, 1.807) is 0 Å². The third-order valence-electron chi connectivity index (χ3n) is 6.66. The molecule has 178 valence electrons. The Labute approximate surface area is 186 Å². The predicted molar refractivity (Wildman–Crippen MR) is 124 cm³/mol. The summed E-state index contributed by atoms with van der Waals surface area (Å²) in [6, 6.07) is 0. The van der Waals surface area contributed by atoms with E-state index in [1.807, 2.05) is 20.8 Å². The van der Waals surface area contributed by atoms with Gasteiger partial charge in [-0.25, -0.2) is 0 Å². The van der Waals surface area contributed by atoms with Crippen molar-refractivity contribution in [3.8, 4) is 0 Å². The van der Waals surface area contributed by atoms with Crippen molar-refractivity contribution in [1.29, 1.82) is 0 Å². The highest BCUT2D eigenvalue weighted by atomic mass is 16.5. The zero-order valence-corrected chi connectivity index (χ0v) is 21.5. The fraction of sp³-hybridized carbons (Fsp3) is 0.920. The highest BCUT2D eigenvalue weighted by Crippen LogP contribution is 2.49. The lowest BCUT2D eigenvalue weighted by Gasteiger charge is -2.45. The van der Waals surface area contributed by atoms with Gasteiger partial charge in [0.25, 0.3) is 5.91 Å². The van der Waals surface area contributed by atoms with Gasteiger partial charge in [-0.05, 0) is 50.4 Å². The summed E-state index contributed by atoms with van der Waals surface area (Å²) in [6.07, 6.45) is 5.39. The normalized spacial score (nSPS) is 16.5. The number of ether oxygens (including phenoxy) is 2. The van der Waals surface area contributed by atoms with Crippen LogP contribution in [0, 0.1) is 16.2 Å². The first kappa shape index (κ1) is 28.9. The molecule has 0 aliphatic carbocycles. The van der Waals surface area contributed by atoms with E-state index in [-0.39, 0.29) is 35.9 Å². The second-order valence-corrected chi connectivity index (χ2v) is 10.8. The molecule has 2 unspecified atom stereocenters. The molecule has 0 fully saturated rings. The average molecular weight is 428 g/mol. The summed E-state index contributed by atoms with van der Waals surface area (Å²) < 4.78 is 11.5. The standard InChI is InChI=1S/C25H49NO4/c1-11-14-15-17-30-25(10,13-3)20(27)26-16-18-29-21(28)24(9,19-22(4,5)6)23(7,8)12-2/h11-19H2,1-10H3,(H,26,27). The van der Waals surface area contributed by atoms with Crippen LogP contribution in [0.3, 0.4) is 0 Å². The molecule has 0 saturated carbocycles. The Morgan fingerprint density at radius 1 is 0.833 bits per heavy atom. The third-order valence-corrected chi connectivity index (χ3v) is 6.66. The minimum atomic E-state index is -0.845. The second-order valence-electron chi connectivity index (χ2n) is 10.8. The van der Waals surface area contributed by atoms with E-state index < -0.39 is 11.0 Å². The molecule has 0 aromatic rings. The van der Waals surface area contributed by atoms with Crippen LogP contribution in [0.5, 0.6) is 0 Å². The highest BCUT2D eigenvalue weighted by molar-refractivity contribution is 5.84. The van der Waals surface area contributed by atoms with E-state index in [1.165, 1.54) is 0 Å². The third kappa shape index (κ3) is 8.56. The molecule has 1 N–H and O–H groups in total. The Balaban J connectivity index is 4.84. The Hall–Kier alpha value is -1.10. The molecule has 0 radical (unpaired) electrons. The fourth-order valence-electron chi connectivity index (χ4n) is 3.67. The monoisotopic (exact) mass is 427 g/mol. The Kier molecular flexibility index (Phi) is 11.6. The molecule has 0 spiro atoms. The van der Waals surface area contributed by atoms with Gasteiger partial charge < -0.3 is 14.8 Å². The number of hydrogen-bond acceptors (Lipinski definition) is 4. The Morgan fingerprint density at radius 2 is 1.43 bits per heavy atom. The number of amides is 1. The van der Waals surface area contributed by atoms with Crippen LogP contribution in [0.1, 0.15) is 108 Å². The summed E-state index contributed by atoms with van der Waals surface area (Å²) >= 11 is 0. The van der Waals surface area contributed by atoms with Crippen LogP contribution in [0.15, 0.2) is 0 Å². The maximum absolute atomic E-state index is 13.1. The van der Waals surface area contributed by atoms with E-state index >= 15 is 0 Å². The first-order valence-corrected chi connectivity index (χ1v) is 11.8. The molecule has 0 heterocycles. The molecule has 0 aromatic heterocycles. The summed E-state index contributed by atoms with van der Waals surface area (Å²) in [5.41, 5.74) is -1.62. The lowest BCUT2D eigenvalue weighted by atomic mass is 9.59. The van der Waals surface area contributed by atoms with Crippen LogP contribution in [0.4, 0.5) is 0 Å². The molecule has 0 bridgehead atoms. The smallest absolute Gasteiger partial charge is 0.312 e. The second kappa shape index (κ2) is 12.1. The minimum Gasteiger partial charge on any atom is -0.463 e. The number of nitrogens with one attached hydrogen (secondary N) is 1. The maximum atomic E-state index is 13.1. The van der Waals surface area contributed by atoms with Gasteiger partial charge in [-0.15, -0.1) is 0 Å². The number of hydrogen-bond donors (Lipinski definition) is 1. The predicted octanol–water partition coefficient (Wildman–Crippen LogP) is 5.90. The Bertz CT molecular complexity index is 538. The molecular formula is C25H49NO4. The fourth-order valence-corrected chi connectivity index (χ4v) is 3.67. The van der Waals surface area contributed by atoms with Gasteiger partial charge in [0, 0.05) is 6.61 Å². The van der Waals surface area contributed by atoms with E-state index in [9.17, 15) is 9.59 Å². The van der Waals surface area contributed by atoms with Crippen molar-refractivity contribution in [3.05, 3.63) is 0 Å². The van der Waals surface area contributed by atoms with Gasteiger partial charge in [0.05, 0.1) is 12.0 Å². The average Bonchev–Trinajstić information content (AvgIpc) is 2.66. The maximum Gasteiger partial charge on any atom is 0.312 e. The van der Waals surface area contributed by atoms with Crippen LogP contribution in [0.25, 0.3) is 0 Å². The molecule has 2 atom stereocenters. The van der Waals surface area contributed by atoms with Crippen LogP contribution >= 0.6 is 0 Å². The van der Waals surface area contributed by atoms with Gasteiger partial charge in [0.2, 0.25) is 0 Å². The largest absolute Gasteiger partial charge is 0.463 e. The summed E-state index contributed by atoms with van der Waals surface area (Å²) in [6.45, 7) is 21.8. The van der Waals surface area contributed by atoms with Crippen molar-refractivity contribution in [3.63, 3.8) is 0 Å². The van der Waals surface area contributed by atoms with Crippen molar-refractivity contribution in [2.45, 2.75) is 113 Å². The van der Waals surface area contributed by atoms with E-state index in [2.05, 4.69) is 53.8 Å². The molecule has 30 heavy (non-hydrogen) atoms. The molecule has 1 amide bonds. The van der Waals surface area contributed by atoms with Gasteiger partial charge in [0.15, 0.2) is 0 Å². The Morgan fingerprint density at radius 3 is 1.90 bits per heavy atom. The molecule has 5 nitrogen and oxygen atoms in total. The van der Waals surface area contributed by atoms with E-state index in [4.69, 9.17) is 9.47 Å². The molecule has 0 aromatic carbocycles. The number of carbonyl (C=O) groups is 2. The summed E-state index contributed by atoms with van der Waals surface area (Å²) in [7, 11) is 0. The molecule has 0 aliphatic rings. The quantitative estimate of drug-likeness (QED) is 0.277. The summed E-state index contributed by atoms with van der Waals surface area (Å²) in [5, 5.41) is 2.88. The highest BCUT2D eigenvalue weighted by Gasteiger charge is 2.49. The SMILES string of the molecule is CCCCCOC(C)(CC)C(=O)NCCOC(=O)C(C)(CC(C)(C)C)C(C)(C)CC.